The molecule has 1 saturated heterocycles. The van der Waals surface area contributed by atoms with Gasteiger partial charge in [-0.2, -0.15) is 4.98 Å². The van der Waals surface area contributed by atoms with Crippen LogP contribution < -0.4 is 16.7 Å². The third-order valence-corrected chi connectivity index (χ3v) is 3.39. The number of alkyl halides is 1. The molecule has 3 atom stereocenters. The maximum atomic E-state index is 12.0. The lowest BCUT2D eigenvalue weighted by Gasteiger charge is -2.14. The summed E-state index contributed by atoms with van der Waals surface area (Å²) >= 11 is 0. The number of amides is 1. The van der Waals surface area contributed by atoms with E-state index >= 15 is 0 Å². The van der Waals surface area contributed by atoms with Gasteiger partial charge in [-0.3, -0.25) is 9.36 Å². The molecule has 5 N–H and O–H groups in total. The zero-order chi connectivity index (χ0) is 17.7. The van der Waals surface area contributed by atoms with E-state index in [4.69, 9.17) is 15.6 Å². The Morgan fingerprint density at radius 3 is 3.00 bits per heavy atom. The quantitative estimate of drug-likeness (QED) is 0.461. The Balaban J connectivity index is 2.18. The number of nitrogen functional groups attached to an aromatic ring is 1. The fraction of sp³-hybridized carbons (Fsp3) is 0.500. The third-order valence-electron chi connectivity index (χ3n) is 3.39. The molecule has 1 aliphatic heterocycles. The van der Waals surface area contributed by atoms with Crippen LogP contribution >= 0.6 is 0 Å². The van der Waals surface area contributed by atoms with Crippen molar-refractivity contribution in [3.05, 3.63) is 22.2 Å². The number of nitrogens with two attached hydrogens (primary N) is 1. The molecule has 1 aromatic rings. The lowest BCUT2D eigenvalue weighted by molar-refractivity contribution is -0.121. The van der Waals surface area contributed by atoms with E-state index in [0.29, 0.717) is 0 Å². The Kier molecular flexibility index (Phi) is 5.86. The molecule has 0 aliphatic carbocycles. The Labute approximate surface area is 136 Å². The Morgan fingerprint density at radius 2 is 2.38 bits per heavy atom. The minimum Gasteiger partial charge on any atom is -0.394 e. The lowest BCUT2D eigenvalue weighted by atomic mass is 10.2. The second kappa shape index (κ2) is 7.87. The summed E-state index contributed by atoms with van der Waals surface area (Å²) in [5.74, 6) is 4.29. The van der Waals surface area contributed by atoms with E-state index in [0.717, 1.165) is 4.57 Å². The highest BCUT2D eigenvalue weighted by atomic mass is 19.1. The second-order valence-corrected chi connectivity index (χ2v) is 5.06. The van der Waals surface area contributed by atoms with Crippen LogP contribution in [-0.4, -0.2) is 57.7 Å². The highest BCUT2D eigenvalue weighted by molar-refractivity contribution is 5.77. The van der Waals surface area contributed by atoms with E-state index in [1.807, 2.05) is 0 Å². The maximum Gasteiger partial charge on any atom is 0.351 e. The van der Waals surface area contributed by atoms with Crippen LogP contribution in [0.15, 0.2) is 11.0 Å². The zero-order valence-corrected chi connectivity index (χ0v) is 12.6. The van der Waals surface area contributed by atoms with E-state index in [2.05, 4.69) is 22.1 Å². The first-order valence-corrected chi connectivity index (χ1v) is 7.10. The number of nitrogens with zero attached hydrogens (tertiary/aromatic N) is 2. The van der Waals surface area contributed by atoms with Gasteiger partial charge in [-0.15, -0.1) is 0 Å². The van der Waals surface area contributed by atoms with E-state index in [1.165, 1.54) is 6.20 Å². The van der Waals surface area contributed by atoms with Crippen molar-refractivity contribution < 1.29 is 24.1 Å². The summed E-state index contributed by atoms with van der Waals surface area (Å²) in [6.07, 6.45) is -1.06. The molecular formula is C14H17FN4O5. The lowest BCUT2D eigenvalue weighted by Crippen LogP contribution is -2.29. The second-order valence-electron chi connectivity index (χ2n) is 5.06. The van der Waals surface area contributed by atoms with Crippen LogP contribution in [0.25, 0.3) is 0 Å². The monoisotopic (exact) mass is 340 g/mol. The number of aliphatic hydroxyl groups excluding tert-OH is 2. The molecule has 9 nitrogen and oxygen atoms in total. The van der Waals surface area contributed by atoms with Crippen LogP contribution in [0.3, 0.4) is 0 Å². The highest BCUT2D eigenvalue weighted by Crippen LogP contribution is 2.27. The summed E-state index contributed by atoms with van der Waals surface area (Å²) in [5.41, 5.74) is 5.17. The van der Waals surface area contributed by atoms with E-state index in [-0.39, 0.29) is 31.0 Å². The number of hydrogen-bond acceptors (Lipinski definition) is 7. The number of aliphatic hydroxyl groups is 2. The van der Waals surface area contributed by atoms with Crippen LogP contribution in [-0.2, 0) is 9.53 Å². The summed E-state index contributed by atoms with van der Waals surface area (Å²) in [4.78, 5) is 26.3. The Hall–Kier alpha value is -2.48. The van der Waals surface area contributed by atoms with Crippen molar-refractivity contribution in [2.45, 2.75) is 24.9 Å². The third kappa shape index (κ3) is 4.08. The van der Waals surface area contributed by atoms with Crippen LogP contribution in [0.1, 0.15) is 18.2 Å². The molecule has 0 spiro atoms. The molecule has 0 saturated carbocycles. The number of carbonyl (C=O) groups excluding carboxylic acids is 1. The predicted octanol–water partition coefficient (Wildman–Crippen LogP) is -2.10. The molecule has 0 aromatic carbocycles. The van der Waals surface area contributed by atoms with Gasteiger partial charge in [0.05, 0.1) is 24.8 Å². The molecule has 2 rings (SSSR count). The van der Waals surface area contributed by atoms with Crippen molar-refractivity contribution in [2.75, 3.05) is 25.6 Å². The van der Waals surface area contributed by atoms with Gasteiger partial charge in [-0.1, -0.05) is 11.8 Å². The number of ether oxygens (including phenoxy) is 1. The first kappa shape index (κ1) is 17.9. The molecule has 1 aliphatic rings. The number of carbonyl (C=O) groups is 1. The molecule has 1 aromatic heterocycles. The van der Waals surface area contributed by atoms with Crippen molar-refractivity contribution >= 4 is 11.7 Å². The molecule has 10 heteroatoms. The van der Waals surface area contributed by atoms with Gasteiger partial charge in [0, 0.05) is 12.6 Å². The molecule has 1 amide bonds. The number of aromatic nitrogens is 2. The smallest absolute Gasteiger partial charge is 0.351 e. The summed E-state index contributed by atoms with van der Waals surface area (Å²) < 4.78 is 18.5. The molecule has 2 heterocycles. The molecule has 3 unspecified atom stereocenters. The average Bonchev–Trinajstić information content (AvgIpc) is 2.93. The summed E-state index contributed by atoms with van der Waals surface area (Å²) in [6.45, 7) is -1.61. The predicted molar refractivity (Wildman–Crippen MR) is 80.4 cm³/mol. The SMILES string of the molecule is Nc1nc(=O)n(C2CC(O)C(CO)O2)cc1C#CCNC(=O)CF. The van der Waals surface area contributed by atoms with E-state index in [9.17, 15) is 19.1 Å². The van der Waals surface area contributed by atoms with Crippen molar-refractivity contribution in [1.29, 1.82) is 0 Å². The Morgan fingerprint density at radius 1 is 1.62 bits per heavy atom. The summed E-state index contributed by atoms with van der Waals surface area (Å²) in [7, 11) is 0. The van der Waals surface area contributed by atoms with E-state index in [1.54, 1.807) is 0 Å². The molecule has 0 radical (unpaired) electrons. The summed E-state index contributed by atoms with van der Waals surface area (Å²) in [5, 5.41) is 21.0. The van der Waals surface area contributed by atoms with Gasteiger partial charge in [-0.05, 0) is 0 Å². The van der Waals surface area contributed by atoms with Crippen LogP contribution in [0.2, 0.25) is 0 Å². The average molecular weight is 340 g/mol. The van der Waals surface area contributed by atoms with Gasteiger partial charge in [0.15, 0.2) is 6.67 Å². The van der Waals surface area contributed by atoms with Crippen molar-refractivity contribution in [3.8, 4) is 11.8 Å². The molecule has 24 heavy (non-hydrogen) atoms. The number of nitrogens with one attached hydrogen (secondary N) is 1. The van der Waals surface area contributed by atoms with Crippen molar-refractivity contribution in [2.24, 2.45) is 0 Å². The van der Waals surface area contributed by atoms with Gasteiger partial charge >= 0.3 is 5.69 Å². The fourth-order valence-electron chi connectivity index (χ4n) is 2.16. The number of rotatable bonds is 4. The normalized spacial score (nSPS) is 22.7. The van der Waals surface area contributed by atoms with Gasteiger partial charge < -0.3 is 26.0 Å². The summed E-state index contributed by atoms with van der Waals surface area (Å²) in [6, 6.07) is 0. The minimum atomic E-state index is -1.14. The molecular weight excluding hydrogens is 323 g/mol. The van der Waals surface area contributed by atoms with Gasteiger partial charge in [0.2, 0.25) is 0 Å². The zero-order valence-electron chi connectivity index (χ0n) is 12.6. The highest BCUT2D eigenvalue weighted by Gasteiger charge is 2.35. The Bertz CT molecular complexity index is 726. The fourth-order valence-corrected chi connectivity index (χ4v) is 2.16. The van der Waals surface area contributed by atoms with Crippen LogP contribution in [0.5, 0.6) is 0 Å². The first-order valence-electron chi connectivity index (χ1n) is 7.10. The van der Waals surface area contributed by atoms with Gasteiger partial charge in [0.1, 0.15) is 18.1 Å². The van der Waals surface area contributed by atoms with Gasteiger partial charge in [-0.25, -0.2) is 9.18 Å². The standard InChI is InChI=1S/C14H17FN4O5/c15-5-11(22)17-3-1-2-8-6-19(14(23)18-13(8)16)12-4-9(21)10(7-20)24-12/h6,9-10,12,20-21H,3-5,7H2,(H,17,22)(H2,16,18,23). The van der Waals surface area contributed by atoms with Crippen molar-refractivity contribution in [3.63, 3.8) is 0 Å². The first-order chi connectivity index (χ1) is 11.5. The molecule has 1 fully saturated rings. The molecule has 130 valence electrons. The topological polar surface area (TPSA) is 140 Å². The molecule has 0 bridgehead atoms. The minimum absolute atomic E-state index is 0.0907. The maximum absolute atomic E-state index is 12.0. The number of anilines is 1. The number of hydrogen-bond donors (Lipinski definition) is 4. The number of halogens is 1. The largest absolute Gasteiger partial charge is 0.394 e. The van der Waals surface area contributed by atoms with Crippen molar-refractivity contribution in [1.82, 2.24) is 14.9 Å². The van der Waals surface area contributed by atoms with Crippen LogP contribution in [0, 0.1) is 11.8 Å². The van der Waals surface area contributed by atoms with E-state index < -0.39 is 36.7 Å². The van der Waals surface area contributed by atoms with Crippen LogP contribution in [0.4, 0.5) is 10.2 Å². The van der Waals surface area contributed by atoms with Gasteiger partial charge in [0.25, 0.3) is 5.91 Å².